The summed E-state index contributed by atoms with van der Waals surface area (Å²) in [7, 11) is 0. The van der Waals surface area contributed by atoms with Crippen LogP contribution in [0.5, 0.6) is 17.4 Å². The number of pyridine rings is 2. The second-order valence-corrected chi connectivity index (χ2v) is 5.49. The molecular weight excluding hydrogens is 367 g/mol. The summed E-state index contributed by atoms with van der Waals surface area (Å²) in [5, 5.41) is 13.2. The topological polar surface area (TPSA) is 86.0 Å². The van der Waals surface area contributed by atoms with Crippen molar-refractivity contribution in [3.8, 4) is 17.4 Å². The van der Waals surface area contributed by atoms with Crippen LogP contribution in [0.3, 0.4) is 0 Å². The smallest absolute Gasteiger partial charge is 0.422 e. The van der Waals surface area contributed by atoms with E-state index in [4.69, 9.17) is 9.47 Å². The summed E-state index contributed by atoms with van der Waals surface area (Å²) in [5.41, 5.74) is 0.963. The van der Waals surface area contributed by atoms with Crippen LogP contribution in [0.25, 0.3) is 5.52 Å². The first-order chi connectivity index (χ1) is 12.8. The molecule has 7 nitrogen and oxygen atoms in total. The fourth-order valence-corrected chi connectivity index (χ4v) is 2.49. The number of hydrogen-bond donors (Lipinski definition) is 1. The Morgan fingerprint density at radius 2 is 2.11 bits per heavy atom. The number of alkyl halides is 3. The number of aromatic nitrogens is 3. The molecule has 3 aromatic heterocycles. The molecule has 0 saturated carbocycles. The van der Waals surface area contributed by atoms with Gasteiger partial charge in [0, 0.05) is 24.0 Å². The number of carboxylic acid groups (broad SMARTS) is 1. The van der Waals surface area contributed by atoms with E-state index in [1.165, 1.54) is 35.1 Å². The lowest BCUT2D eigenvalue weighted by molar-refractivity contribution is -0.153. The van der Waals surface area contributed by atoms with E-state index >= 15 is 0 Å². The van der Waals surface area contributed by atoms with Gasteiger partial charge in [0.1, 0.15) is 5.75 Å². The zero-order valence-electron chi connectivity index (χ0n) is 14.0. The molecule has 0 spiro atoms. The van der Waals surface area contributed by atoms with Crippen LogP contribution in [0.2, 0.25) is 0 Å². The van der Waals surface area contributed by atoms with Crippen molar-refractivity contribution in [2.45, 2.75) is 19.5 Å². The third-order valence-electron chi connectivity index (χ3n) is 3.61. The van der Waals surface area contributed by atoms with Crippen LogP contribution in [0.4, 0.5) is 13.2 Å². The zero-order chi connectivity index (χ0) is 19.6. The molecule has 0 aliphatic carbocycles. The van der Waals surface area contributed by atoms with Gasteiger partial charge in [-0.05, 0) is 24.6 Å². The average molecular weight is 381 g/mol. The maximum atomic E-state index is 12.4. The van der Waals surface area contributed by atoms with Crippen LogP contribution < -0.4 is 9.47 Å². The van der Waals surface area contributed by atoms with Crippen LogP contribution in [-0.4, -0.2) is 38.5 Å². The van der Waals surface area contributed by atoms with Gasteiger partial charge in [-0.3, -0.25) is 0 Å². The molecule has 3 heterocycles. The van der Waals surface area contributed by atoms with Gasteiger partial charge in [-0.2, -0.15) is 18.3 Å². The van der Waals surface area contributed by atoms with E-state index in [2.05, 4.69) is 10.1 Å². The number of rotatable bonds is 6. The molecular formula is C17H14F3N3O4. The maximum Gasteiger partial charge on any atom is 0.422 e. The van der Waals surface area contributed by atoms with Crippen molar-refractivity contribution in [3.05, 3.63) is 47.9 Å². The first-order valence-electron chi connectivity index (χ1n) is 7.85. The molecule has 0 unspecified atom stereocenters. The molecule has 0 atom stereocenters. The largest absolute Gasteiger partial charge is 0.478 e. The third-order valence-corrected chi connectivity index (χ3v) is 3.61. The molecule has 0 saturated heterocycles. The van der Waals surface area contributed by atoms with Gasteiger partial charge in [-0.1, -0.05) is 6.92 Å². The van der Waals surface area contributed by atoms with E-state index < -0.39 is 18.8 Å². The summed E-state index contributed by atoms with van der Waals surface area (Å²) in [6.45, 7) is 0.317. The number of aromatic carboxylic acids is 1. The van der Waals surface area contributed by atoms with Crippen molar-refractivity contribution in [2.75, 3.05) is 6.61 Å². The first-order valence-corrected chi connectivity index (χ1v) is 7.85. The van der Waals surface area contributed by atoms with Crippen LogP contribution >= 0.6 is 0 Å². The molecule has 0 bridgehead atoms. The Morgan fingerprint density at radius 3 is 2.78 bits per heavy atom. The van der Waals surface area contributed by atoms with Gasteiger partial charge in [-0.15, -0.1) is 0 Å². The van der Waals surface area contributed by atoms with Crippen molar-refractivity contribution < 1.29 is 32.5 Å². The monoisotopic (exact) mass is 381 g/mol. The van der Waals surface area contributed by atoms with Gasteiger partial charge in [-0.25, -0.2) is 14.3 Å². The van der Waals surface area contributed by atoms with Gasteiger partial charge in [0.15, 0.2) is 18.1 Å². The lowest BCUT2D eigenvalue weighted by atomic mass is 10.1. The van der Waals surface area contributed by atoms with E-state index in [0.717, 1.165) is 0 Å². The minimum Gasteiger partial charge on any atom is -0.478 e. The predicted octanol–water partition coefficient (Wildman–Crippen LogP) is 3.72. The van der Waals surface area contributed by atoms with Gasteiger partial charge in [0.2, 0.25) is 0 Å². The number of nitrogens with zero attached hydrogens (tertiary/aromatic N) is 3. The van der Waals surface area contributed by atoms with Crippen molar-refractivity contribution in [1.29, 1.82) is 0 Å². The lowest BCUT2D eigenvalue weighted by Gasteiger charge is -2.12. The molecule has 3 rings (SSSR count). The number of halogens is 3. The fourth-order valence-electron chi connectivity index (χ4n) is 2.49. The number of aryl methyl sites for hydroxylation is 1. The molecule has 1 N–H and O–H groups in total. The Kier molecular flexibility index (Phi) is 4.89. The van der Waals surface area contributed by atoms with Crippen molar-refractivity contribution in [3.63, 3.8) is 0 Å². The highest BCUT2D eigenvalue weighted by Crippen LogP contribution is 2.31. The van der Waals surface area contributed by atoms with Gasteiger partial charge >= 0.3 is 12.1 Å². The molecule has 0 radical (unpaired) electrons. The Balaban J connectivity index is 1.92. The fraction of sp³-hybridized carbons (Fsp3) is 0.235. The second kappa shape index (κ2) is 7.14. The van der Waals surface area contributed by atoms with E-state index in [0.29, 0.717) is 17.5 Å². The number of fused-ring (bicyclic) bond motifs is 1. The molecule has 142 valence electrons. The third kappa shape index (κ3) is 4.10. The van der Waals surface area contributed by atoms with Crippen LogP contribution in [0.1, 0.15) is 23.0 Å². The predicted molar refractivity (Wildman–Crippen MR) is 87.4 cm³/mol. The van der Waals surface area contributed by atoms with Crippen LogP contribution in [0.15, 0.2) is 36.7 Å². The highest BCUT2D eigenvalue weighted by Gasteiger charge is 2.29. The molecule has 0 aromatic carbocycles. The Bertz CT molecular complexity index is 985. The SMILES string of the molecule is CCc1c(C(=O)O)nn2ccc(Oc3ncccc3OCC(F)(F)F)cc12. The van der Waals surface area contributed by atoms with Crippen molar-refractivity contribution in [2.24, 2.45) is 0 Å². The minimum atomic E-state index is -4.49. The van der Waals surface area contributed by atoms with E-state index in [9.17, 15) is 23.1 Å². The van der Waals surface area contributed by atoms with E-state index in [1.54, 1.807) is 13.0 Å². The van der Waals surface area contributed by atoms with E-state index in [-0.39, 0.29) is 23.1 Å². The number of hydrogen-bond acceptors (Lipinski definition) is 5. The summed E-state index contributed by atoms with van der Waals surface area (Å²) >= 11 is 0. The molecule has 27 heavy (non-hydrogen) atoms. The highest BCUT2D eigenvalue weighted by atomic mass is 19.4. The summed E-state index contributed by atoms with van der Waals surface area (Å²) in [4.78, 5) is 15.2. The molecule has 0 aliphatic rings. The maximum absolute atomic E-state index is 12.4. The lowest BCUT2D eigenvalue weighted by Crippen LogP contribution is -2.19. The molecule has 0 aliphatic heterocycles. The Morgan fingerprint density at radius 1 is 1.33 bits per heavy atom. The van der Waals surface area contributed by atoms with Crippen LogP contribution in [-0.2, 0) is 6.42 Å². The zero-order valence-corrected chi connectivity index (χ0v) is 14.0. The summed E-state index contributed by atoms with van der Waals surface area (Å²) in [5.74, 6) is -1.19. The standard InChI is InChI=1S/C17H14F3N3O4/c1-2-11-12-8-10(5-7-23(12)22-14(11)16(24)25)27-15-13(4-3-6-21-15)26-9-17(18,19)20/h3-8H,2,9H2,1H3,(H,24,25). The Hall–Kier alpha value is -3.30. The first kappa shape index (κ1) is 18.5. The summed E-state index contributed by atoms with van der Waals surface area (Å²) in [6.07, 6.45) is -1.21. The molecule has 0 fully saturated rings. The normalized spacial score (nSPS) is 11.6. The quantitative estimate of drug-likeness (QED) is 0.700. The summed E-state index contributed by atoms with van der Waals surface area (Å²) in [6, 6.07) is 5.77. The number of carboxylic acids is 1. The molecule has 3 aromatic rings. The Labute approximate surface area is 151 Å². The minimum absolute atomic E-state index is 0.0679. The van der Waals surface area contributed by atoms with Crippen molar-refractivity contribution in [1.82, 2.24) is 14.6 Å². The van der Waals surface area contributed by atoms with Crippen LogP contribution in [0, 0.1) is 0 Å². The van der Waals surface area contributed by atoms with E-state index in [1.807, 2.05) is 0 Å². The average Bonchev–Trinajstić information content (AvgIpc) is 2.98. The van der Waals surface area contributed by atoms with Gasteiger partial charge in [0.05, 0.1) is 5.52 Å². The number of ether oxygens (including phenoxy) is 2. The van der Waals surface area contributed by atoms with Gasteiger partial charge in [0.25, 0.3) is 5.88 Å². The van der Waals surface area contributed by atoms with Gasteiger partial charge < -0.3 is 14.6 Å². The molecule has 0 amide bonds. The van der Waals surface area contributed by atoms with Crippen molar-refractivity contribution >= 4 is 11.5 Å². The number of carbonyl (C=O) groups is 1. The highest BCUT2D eigenvalue weighted by molar-refractivity contribution is 5.90. The second-order valence-electron chi connectivity index (χ2n) is 5.49. The summed E-state index contributed by atoms with van der Waals surface area (Å²) < 4.78 is 48.8. The molecule has 10 heteroatoms.